The van der Waals surface area contributed by atoms with Crippen molar-refractivity contribution in [2.24, 2.45) is 13.0 Å². The number of aryl methyl sites for hydroxylation is 1. The molecule has 0 atom stereocenters. The van der Waals surface area contributed by atoms with E-state index >= 15 is 0 Å². The first-order valence-electron chi connectivity index (χ1n) is 7.41. The van der Waals surface area contributed by atoms with E-state index in [9.17, 15) is 8.42 Å². The van der Waals surface area contributed by atoms with Crippen molar-refractivity contribution >= 4 is 15.8 Å². The molecule has 2 heterocycles. The lowest BCUT2D eigenvalue weighted by Crippen LogP contribution is -2.49. The van der Waals surface area contributed by atoms with E-state index in [1.807, 2.05) is 0 Å². The minimum atomic E-state index is -3.54. The van der Waals surface area contributed by atoms with Crippen molar-refractivity contribution in [2.45, 2.75) is 24.7 Å². The fourth-order valence-electron chi connectivity index (χ4n) is 2.88. The highest BCUT2D eigenvalue weighted by molar-refractivity contribution is 7.89. The van der Waals surface area contributed by atoms with E-state index in [0.717, 1.165) is 25.6 Å². The Hall–Kier alpha value is -1.12. The van der Waals surface area contributed by atoms with Crippen LogP contribution >= 0.6 is 0 Å². The molecule has 118 valence electrons. The second-order valence-corrected chi connectivity index (χ2v) is 7.95. The molecule has 1 aliphatic heterocycles. The van der Waals surface area contributed by atoms with Crippen molar-refractivity contribution in [1.29, 1.82) is 0 Å². The molecule has 0 radical (unpaired) electrons. The molecule has 0 bridgehead atoms. The summed E-state index contributed by atoms with van der Waals surface area (Å²) in [5.74, 6) is 0.930. The number of hydrogen-bond acceptors (Lipinski definition) is 5. The lowest BCUT2D eigenvalue weighted by Gasteiger charge is -2.33. The maximum absolute atomic E-state index is 12.8. The number of piperazine rings is 1. The van der Waals surface area contributed by atoms with E-state index < -0.39 is 10.0 Å². The smallest absolute Gasteiger partial charge is 0.248 e. The first kappa shape index (κ1) is 14.8. The predicted octanol–water partition coefficient (Wildman–Crippen LogP) is 0.0270. The summed E-state index contributed by atoms with van der Waals surface area (Å²) >= 11 is 0. The van der Waals surface area contributed by atoms with Crippen LogP contribution in [0.5, 0.6) is 0 Å². The van der Waals surface area contributed by atoms with Crippen LogP contribution in [0.15, 0.2) is 4.90 Å². The summed E-state index contributed by atoms with van der Waals surface area (Å²) in [6.07, 6.45) is 2.65. The van der Waals surface area contributed by atoms with Gasteiger partial charge in [0.25, 0.3) is 0 Å². The van der Waals surface area contributed by atoms with Gasteiger partial charge in [0.1, 0.15) is 4.90 Å². The van der Waals surface area contributed by atoms with Gasteiger partial charge in [0.05, 0.1) is 5.69 Å². The Labute approximate surface area is 125 Å². The molecule has 0 amide bonds. The third-order valence-corrected chi connectivity index (χ3v) is 6.51. The van der Waals surface area contributed by atoms with E-state index in [1.165, 1.54) is 21.8 Å². The van der Waals surface area contributed by atoms with Crippen LogP contribution in [-0.2, 0) is 17.1 Å². The molecule has 0 unspecified atom stereocenters. The molecule has 7 nitrogen and oxygen atoms in total. The maximum Gasteiger partial charge on any atom is 0.248 e. The summed E-state index contributed by atoms with van der Waals surface area (Å²) in [6.45, 7) is 5.51. The van der Waals surface area contributed by atoms with Gasteiger partial charge in [-0.25, -0.2) is 8.42 Å². The van der Waals surface area contributed by atoms with Gasteiger partial charge in [-0.1, -0.05) is 0 Å². The van der Waals surface area contributed by atoms with Gasteiger partial charge in [0, 0.05) is 39.8 Å². The average molecular weight is 313 g/mol. The Balaban J connectivity index is 1.73. The molecule has 8 heteroatoms. The number of aromatic nitrogens is 2. The van der Waals surface area contributed by atoms with E-state index in [4.69, 9.17) is 5.73 Å². The summed E-state index contributed by atoms with van der Waals surface area (Å²) in [4.78, 5) is 2.53. The molecule has 1 aliphatic carbocycles. The number of hydrogen-bond donors (Lipinski definition) is 1. The Morgan fingerprint density at radius 3 is 2.33 bits per heavy atom. The largest absolute Gasteiger partial charge is 0.381 e. The summed E-state index contributed by atoms with van der Waals surface area (Å²) in [5, 5.41) is 4.01. The molecule has 2 N–H and O–H groups in total. The van der Waals surface area contributed by atoms with Crippen LogP contribution in [0.2, 0.25) is 0 Å². The van der Waals surface area contributed by atoms with Crippen LogP contribution in [0.3, 0.4) is 0 Å². The Morgan fingerprint density at radius 1 is 1.24 bits per heavy atom. The van der Waals surface area contributed by atoms with E-state index in [-0.39, 0.29) is 10.7 Å². The highest BCUT2D eigenvalue weighted by atomic mass is 32.2. The Morgan fingerprint density at radius 2 is 1.86 bits per heavy atom. The van der Waals surface area contributed by atoms with Crippen LogP contribution in [0.4, 0.5) is 5.82 Å². The Bertz CT molecular complexity index is 627. The summed E-state index contributed by atoms with van der Waals surface area (Å²) < 4.78 is 28.6. The van der Waals surface area contributed by atoms with Gasteiger partial charge in [-0.3, -0.25) is 4.68 Å². The van der Waals surface area contributed by atoms with Gasteiger partial charge in [0.2, 0.25) is 10.0 Å². The highest BCUT2D eigenvalue weighted by Gasteiger charge is 2.34. The van der Waals surface area contributed by atoms with Crippen LogP contribution in [-0.4, -0.2) is 60.1 Å². The van der Waals surface area contributed by atoms with Gasteiger partial charge in [0.15, 0.2) is 5.82 Å². The number of rotatable bonds is 4. The number of anilines is 1. The number of sulfonamides is 1. The van der Waals surface area contributed by atoms with Crippen LogP contribution in [0, 0.1) is 12.8 Å². The van der Waals surface area contributed by atoms with Gasteiger partial charge in [-0.2, -0.15) is 9.40 Å². The molecular formula is C13H23N5O2S. The topological polar surface area (TPSA) is 84.5 Å². The van der Waals surface area contributed by atoms with E-state index in [0.29, 0.717) is 18.8 Å². The highest BCUT2D eigenvalue weighted by Crippen LogP contribution is 2.31. The van der Waals surface area contributed by atoms with Crippen molar-refractivity contribution in [3.8, 4) is 0 Å². The summed E-state index contributed by atoms with van der Waals surface area (Å²) in [5.41, 5.74) is 6.38. The van der Waals surface area contributed by atoms with Gasteiger partial charge >= 0.3 is 0 Å². The second kappa shape index (κ2) is 5.26. The maximum atomic E-state index is 12.8. The zero-order chi connectivity index (χ0) is 15.2. The lowest BCUT2D eigenvalue weighted by molar-refractivity contribution is 0.182. The molecule has 2 fully saturated rings. The van der Waals surface area contributed by atoms with Crippen molar-refractivity contribution < 1.29 is 8.42 Å². The normalized spacial score (nSPS) is 21.8. The average Bonchev–Trinajstić information content (AvgIpc) is 3.18. The Kier molecular flexibility index (Phi) is 3.71. The number of nitrogen functional groups attached to an aromatic ring is 1. The molecule has 3 rings (SSSR count). The van der Waals surface area contributed by atoms with Crippen molar-refractivity contribution in [1.82, 2.24) is 19.0 Å². The van der Waals surface area contributed by atoms with Gasteiger partial charge < -0.3 is 10.6 Å². The number of nitrogens with two attached hydrogens (primary N) is 1. The second-order valence-electron chi connectivity index (χ2n) is 6.07. The molecule has 1 aromatic rings. The fourth-order valence-corrected chi connectivity index (χ4v) is 4.59. The minimum Gasteiger partial charge on any atom is -0.381 e. The van der Waals surface area contributed by atoms with Gasteiger partial charge in [-0.05, 0) is 25.7 Å². The third-order valence-electron chi connectivity index (χ3n) is 4.45. The molecule has 1 saturated carbocycles. The van der Waals surface area contributed by atoms with Crippen LogP contribution < -0.4 is 5.73 Å². The first-order valence-corrected chi connectivity index (χ1v) is 8.85. The molecule has 21 heavy (non-hydrogen) atoms. The summed E-state index contributed by atoms with van der Waals surface area (Å²) in [7, 11) is -1.83. The monoisotopic (exact) mass is 313 g/mol. The van der Waals surface area contributed by atoms with Crippen molar-refractivity contribution in [3.05, 3.63) is 5.69 Å². The first-order chi connectivity index (χ1) is 9.89. The quantitative estimate of drug-likeness (QED) is 0.847. The zero-order valence-corrected chi connectivity index (χ0v) is 13.4. The van der Waals surface area contributed by atoms with Gasteiger partial charge in [-0.15, -0.1) is 0 Å². The minimum absolute atomic E-state index is 0.0930. The SMILES string of the molecule is Cc1c(S(=O)(=O)N2CCN(CC3CC3)CC2)c(N)nn1C. The van der Waals surface area contributed by atoms with E-state index in [1.54, 1.807) is 14.0 Å². The van der Waals surface area contributed by atoms with Crippen molar-refractivity contribution in [3.63, 3.8) is 0 Å². The lowest BCUT2D eigenvalue weighted by atomic mass is 10.3. The zero-order valence-electron chi connectivity index (χ0n) is 12.6. The van der Waals surface area contributed by atoms with Crippen LogP contribution in [0.1, 0.15) is 18.5 Å². The molecule has 1 aromatic heterocycles. The number of nitrogens with zero attached hydrogens (tertiary/aromatic N) is 4. The predicted molar refractivity (Wildman–Crippen MR) is 80.3 cm³/mol. The molecule has 2 aliphatic rings. The van der Waals surface area contributed by atoms with Crippen molar-refractivity contribution in [2.75, 3.05) is 38.5 Å². The fraction of sp³-hybridized carbons (Fsp3) is 0.769. The third kappa shape index (κ3) is 2.79. The molecule has 0 aromatic carbocycles. The molecular weight excluding hydrogens is 290 g/mol. The summed E-state index contributed by atoms with van der Waals surface area (Å²) in [6, 6.07) is 0. The molecule has 0 spiro atoms. The van der Waals surface area contributed by atoms with Crippen LogP contribution in [0.25, 0.3) is 0 Å². The molecule has 1 saturated heterocycles. The van der Waals surface area contributed by atoms with E-state index in [2.05, 4.69) is 10.00 Å². The standard InChI is InChI=1S/C13H23N5O2S/c1-10-12(13(14)15-16(10)2)21(19,20)18-7-5-17(6-8-18)9-11-3-4-11/h11H,3-9H2,1-2H3,(H2,14,15).